The number of aryl methyl sites for hydroxylation is 1. The van der Waals surface area contributed by atoms with Crippen LogP contribution in [-0.4, -0.2) is 47.3 Å². The SMILES string of the molecule is CN=C(NCCc1ccc(Br)s1)N1CCC(c2cnn(C)c2)C1. The molecule has 2 aromatic rings. The number of aromatic nitrogens is 2. The summed E-state index contributed by atoms with van der Waals surface area (Å²) < 4.78 is 3.07. The van der Waals surface area contributed by atoms with Gasteiger partial charge < -0.3 is 10.2 Å². The first-order valence-corrected chi connectivity index (χ1v) is 9.45. The second-order valence-corrected chi connectivity index (χ2v) is 8.36. The molecule has 1 aliphatic heterocycles. The van der Waals surface area contributed by atoms with Crippen LogP contribution in [0.25, 0.3) is 0 Å². The highest BCUT2D eigenvalue weighted by molar-refractivity contribution is 9.11. The third-order valence-electron chi connectivity index (χ3n) is 4.18. The normalized spacial score (nSPS) is 18.7. The number of halogens is 1. The molecule has 1 atom stereocenters. The third-order valence-corrected chi connectivity index (χ3v) is 5.86. The van der Waals surface area contributed by atoms with Crippen molar-refractivity contribution >= 4 is 33.2 Å². The van der Waals surface area contributed by atoms with Crippen molar-refractivity contribution in [2.75, 3.05) is 26.7 Å². The first-order chi connectivity index (χ1) is 11.2. The van der Waals surface area contributed by atoms with Crippen molar-refractivity contribution in [2.45, 2.75) is 18.8 Å². The summed E-state index contributed by atoms with van der Waals surface area (Å²) in [6, 6.07) is 4.28. The van der Waals surface area contributed by atoms with E-state index in [-0.39, 0.29) is 0 Å². The van der Waals surface area contributed by atoms with E-state index in [9.17, 15) is 0 Å². The van der Waals surface area contributed by atoms with Gasteiger partial charge in [-0.05, 0) is 46.5 Å². The minimum absolute atomic E-state index is 0.551. The molecule has 1 saturated heterocycles. The van der Waals surface area contributed by atoms with E-state index in [0.29, 0.717) is 5.92 Å². The second-order valence-electron chi connectivity index (χ2n) is 5.81. The molecule has 1 unspecified atom stereocenters. The fraction of sp³-hybridized carbons (Fsp3) is 0.500. The molecule has 1 fully saturated rings. The summed E-state index contributed by atoms with van der Waals surface area (Å²) in [4.78, 5) is 8.18. The molecule has 2 aromatic heterocycles. The van der Waals surface area contributed by atoms with Crippen molar-refractivity contribution in [1.29, 1.82) is 0 Å². The average Bonchev–Trinajstić information content (AvgIpc) is 3.25. The summed E-state index contributed by atoms with van der Waals surface area (Å²) in [6.07, 6.45) is 6.29. The molecular weight excluding hydrogens is 374 g/mol. The molecule has 3 heterocycles. The Bertz CT molecular complexity index is 678. The topological polar surface area (TPSA) is 45.5 Å². The largest absolute Gasteiger partial charge is 0.356 e. The molecule has 3 rings (SSSR count). The number of rotatable bonds is 4. The maximum Gasteiger partial charge on any atom is 0.193 e. The third kappa shape index (κ3) is 4.14. The molecule has 23 heavy (non-hydrogen) atoms. The van der Waals surface area contributed by atoms with E-state index in [0.717, 1.165) is 38.4 Å². The lowest BCUT2D eigenvalue weighted by molar-refractivity contribution is 0.486. The lowest BCUT2D eigenvalue weighted by atomic mass is 10.0. The Balaban J connectivity index is 1.51. The van der Waals surface area contributed by atoms with Gasteiger partial charge in [0, 0.05) is 50.7 Å². The van der Waals surface area contributed by atoms with Gasteiger partial charge in [0.05, 0.1) is 9.98 Å². The summed E-state index contributed by atoms with van der Waals surface area (Å²) in [5.74, 6) is 1.56. The lowest BCUT2D eigenvalue weighted by Crippen LogP contribution is -2.40. The van der Waals surface area contributed by atoms with Crippen LogP contribution in [0, 0.1) is 0 Å². The Morgan fingerprint density at radius 2 is 2.39 bits per heavy atom. The van der Waals surface area contributed by atoms with E-state index in [1.807, 2.05) is 25.0 Å². The molecule has 0 radical (unpaired) electrons. The minimum Gasteiger partial charge on any atom is -0.356 e. The fourth-order valence-electron chi connectivity index (χ4n) is 2.99. The summed E-state index contributed by atoms with van der Waals surface area (Å²) in [7, 11) is 3.83. The zero-order chi connectivity index (χ0) is 16.2. The van der Waals surface area contributed by atoms with Crippen LogP contribution in [0.1, 0.15) is 22.8 Å². The van der Waals surface area contributed by atoms with Crippen LogP contribution in [0.15, 0.2) is 33.3 Å². The van der Waals surface area contributed by atoms with Crippen molar-refractivity contribution in [1.82, 2.24) is 20.0 Å². The molecule has 0 aliphatic carbocycles. The van der Waals surface area contributed by atoms with E-state index in [1.54, 1.807) is 11.3 Å². The molecule has 7 heteroatoms. The first kappa shape index (κ1) is 16.5. The maximum atomic E-state index is 4.44. The van der Waals surface area contributed by atoms with Crippen LogP contribution in [0.2, 0.25) is 0 Å². The van der Waals surface area contributed by atoms with Crippen molar-refractivity contribution in [3.8, 4) is 0 Å². The van der Waals surface area contributed by atoms with Gasteiger partial charge in [-0.2, -0.15) is 5.10 Å². The van der Waals surface area contributed by atoms with Gasteiger partial charge in [0.25, 0.3) is 0 Å². The van der Waals surface area contributed by atoms with E-state index >= 15 is 0 Å². The van der Waals surface area contributed by atoms with Crippen LogP contribution < -0.4 is 5.32 Å². The monoisotopic (exact) mass is 395 g/mol. The number of likely N-dealkylation sites (tertiary alicyclic amines) is 1. The molecule has 1 aliphatic rings. The second kappa shape index (κ2) is 7.49. The highest BCUT2D eigenvalue weighted by Gasteiger charge is 2.26. The fourth-order valence-corrected chi connectivity index (χ4v) is 4.47. The zero-order valence-corrected chi connectivity index (χ0v) is 15.9. The summed E-state index contributed by atoms with van der Waals surface area (Å²) in [6.45, 7) is 2.97. The molecule has 0 spiro atoms. The molecule has 0 aromatic carbocycles. The smallest absolute Gasteiger partial charge is 0.193 e. The number of aliphatic imine (C=N–C) groups is 1. The van der Waals surface area contributed by atoms with Gasteiger partial charge in [-0.25, -0.2) is 0 Å². The minimum atomic E-state index is 0.551. The Kier molecular flexibility index (Phi) is 5.38. The highest BCUT2D eigenvalue weighted by Crippen LogP contribution is 2.26. The maximum absolute atomic E-state index is 4.44. The lowest BCUT2D eigenvalue weighted by Gasteiger charge is -2.21. The van der Waals surface area contributed by atoms with Crippen molar-refractivity contribution < 1.29 is 0 Å². The van der Waals surface area contributed by atoms with Crippen LogP contribution in [0.3, 0.4) is 0 Å². The van der Waals surface area contributed by atoms with Gasteiger partial charge in [0.15, 0.2) is 5.96 Å². The predicted octanol–water partition coefficient (Wildman–Crippen LogP) is 2.85. The Morgan fingerprint density at radius 1 is 1.52 bits per heavy atom. The van der Waals surface area contributed by atoms with Gasteiger partial charge in [0.2, 0.25) is 0 Å². The summed E-state index contributed by atoms with van der Waals surface area (Å²) >= 11 is 5.30. The van der Waals surface area contributed by atoms with Crippen LogP contribution in [-0.2, 0) is 13.5 Å². The molecule has 0 bridgehead atoms. The van der Waals surface area contributed by atoms with Crippen LogP contribution >= 0.6 is 27.3 Å². The Labute approximate surface area is 149 Å². The first-order valence-electron chi connectivity index (χ1n) is 7.84. The molecule has 0 amide bonds. The van der Waals surface area contributed by atoms with Crippen molar-refractivity contribution in [2.24, 2.45) is 12.0 Å². The van der Waals surface area contributed by atoms with Gasteiger partial charge in [0.1, 0.15) is 0 Å². The van der Waals surface area contributed by atoms with Gasteiger partial charge in [-0.3, -0.25) is 9.67 Å². The Morgan fingerprint density at radius 3 is 3.04 bits per heavy atom. The molecular formula is C16H22BrN5S. The van der Waals surface area contributed by atoms with E-state index in [4.69, 9.17) is 0 Å². The molecule has 0 saturated carbocycles. The van der Waals surface area contributed by atoms with Crippen LogP contribution in [0.4, 0.5) is 0 Å². The number of nitrogens with one attached hydrogen (secondary N) is 1. The predicted molar refractivity (Wildman–Crippen MR) is 99.2 cm³/mol. The number of hydrogen-bond donors (Lipinski definition) is 1. The van der Waals surface area contributed by atoms with E-state index in [2.05, 4.69) is 54.6 Å². The van der Waals surface area contributed by atoms with Gasteiger partial charge in [-0.15, -0.1) is 11.3 Å². The van der Waals surface area contributed by atoms with Crippen LogP contribution in [0.5, 0.6) is 0 Å². The summed E-state index contributed by atoms with van der Waals surface area (Å²) in [5, 5.41) is 7.78. The number of guanidine groups is 1. The highest BCUT2D eigenvalue weighted by atomic mass is 79.9. The standard InChI is InChI=1S/C16H22BrN5S/c1-18-16(19-7-5-14-3-4-15(17)23-14)22-8-6-12(11-22)13-9-20-21(2)10-13/h3-4,9-10,12H,5-8,11H2,1-2H3,(H,18,19). The zero-order valence-electron chi connectivity index (χ0n) is 13.5. The van der Waals surface area contributed by atoms with E-state index in [1.165, 1.54) is 14.2 Å². The van der Waals surface area contributed by atoms with Gasteiger partial charge >= 0.3 is 0 Å². The molecule has 124 valence electrons. The Hall–Kier alpha value is -1.34. The van der Waals surface area contributed by atoms with Crippen molar-refractivity contribution in [3.63, 3.8) is 0 Å². The quantitative estimate of drug-likeness (QED) is 0.639. The summed E-state index contributed by atoms with van der Waals surface area (Å²) in [5.41, 5.74) is 1.33. The number of hydrogen-bond acceptors (Lipinski definition) is 3. The molecule has 1 N–H and O–H groups in total. The average molecular weight is 396 g/mol. The number of thiophene rings is 1. The van der Waals surface area contributed by atoms with E-state index < -0.39 is 0 Å². The van der Waals surface area contributed by atoms with Gasteiger partial charge in [-0.1, -0.05) is 0 Å². The number of nitrogens with zero attached hydrogens (tertiary/aromatic N) is 4. The van der Waals surface area contributed by atoms with Crippen molar-refractivity contribution in [3.05, 3.63) is 38.8 Å². The molecule has 5 nitrogen and oxygen atoms in total.